The SMILES string of the molecule is Cc1cc(C)c(C(F)F)c(I)n1. The Morgan fingerprint density at radius 3 is 2.42 bits per heavy atom. The molecule has 1 aromatic rings. The van der Waals surface area contributed by atoms with Crippen LogP contribution in [0.15, 0.2) is 6.07 Å². The molecule has 4 heteroatoms. The van der Waals surface area contributed by atoms with E-state index in [-0.39, 0.29) is 5.56 Å². The predicted molar refractivity (Wildman–Crippen MR) is 51.4 cm³/mol. The summed E-state index contributed by atoms with van der Waals surface area (Å²) in [6.07, 6.45) is -2.43. The third-order valence-corrected chi connectivity index (χ3v) is 2.39. The number of alkyl halides is 2. The number of rotatable bonds is 1. The lowest BCUT2D eigenvalue weighted by Gasteiger charge is -2.07. The summed E-state index contributed by atoms with van der Waals surface area (Å²) >= 11 is 1.84. The van der Waals surface area contributed by atoms with Crippen molar-refractivity contribution >= 4 is 22.6 Å². The van der Waals surface area contributed by atoms with Crippen molar-refractivity contribution in [2.24, 2.45) is 0 Å². The summed E-state index contributed by atoms with van der Waals surface area (Å²) in [6, 6.07) is 1.67. The van der Waals surface area contributed by atoms with Gasteiger partial charge in [-0.3, -0.25) is 0 Å². The fourth-order valence-corrected chi connectivity index (χ4v) is 2.10. The summed E-state index contributed by atoms with van der Waals surface area (Å²) < 4.78 is 25.2. The molecule has 0 aromatic carbocycles. The summed E-state index contributed by atoms with van der Waals surface area (Å²) in [5.74, 6) is 0. The van der Waals surface area contributed by atoms with Gasteiger partial charge in [0.2, 0.25) is 0 Å². The molecule has 1 heterocycles. The molecule has 0 aliphatic rings. The molecule has 0 saturated heterocycles. The van der Waals surface area contributed by atoms with E-state index in [0.717, 1.165) is 5.69 Å². The Labute approximate surface area is 83.3 Å². The van der Waals surface area contributed by atoms with E-state index in [4.69, 9.17) is 0 Å². The van der Waals surface area contributed by atoms with Crippen molar-refractivity contribution in [2.75, 3.05) is 0 Å². The van der Waals surface area contributed by atoms with Crippen LogP contribution >= 0.6 is 22.6 Å². The van der Waals surface area contributed by atoms with E-state index < -0.39 is 6.43 Å². The third-order valence-electron chi connectivity index (χ3n) is 1.57. The predicted octanol–water partition coefficient (Wildman–Crippen LogP) is 3.24. The number of pyridine rings is 1. The minimum atomic E-state index is -2.43. The summed E-state index contributed by atoms with van der Waals surface area (Å²) in [5, 5.41) is 0. The third kappa shape index (κ3) is 1.91. The molecule has 1 nitrogen and oxygen atoms in total. The van der Waals surface area contributed by atoms with Gasteiger partial charge in [0, 0.05) is 5.69 Å². The highest BCUT2D eigenvalue weighted by molar-refractivity contribution is 14.1. The Balaban J connectivity index is 3.28. The summed E-state index contributed by atoms with van der Waals surface area (Å²) in [5.41, 5.74) is 1.45. The van der Waals surface area contributed by atoms with Crippen LogP contribution in [0.3, 0.4) is 0 Å². The molecule has 1 aromatic heterocycles. The lowest BCUT2D eigenvalue weighted by molar-refractivity contribution is 0.149. The van der Waals surface area contributed by atoms with Crippen molar-refractivity contribution in [3.8, 4) is 0 Å². The van der Waals surface area contributed by atoms with Crippen LogP contribution in [0.5, 0.6) is 0 Å². The number of hydrogen-bond acceptors (Lipinski definition) is 1. The first-order valence-corrected chi connectivity index (χ1v) is 4.52. The standard InChI is InChI=1S/C8H8F2IN/c1-4-3-5(2)12-8(11)6(4)7(9)10/h3,7H,1-2H3. The number of hydrogen-bond donors (Lipinski definition) is 0. The van der Waals surface area contributed by atoms with Crippen molar-refractivity contribution in [2.45, 2.75) is 20.3 Å². The second-order valence-electron chi connectivity index (χ2n) is 2.59. The molecule has 12 heavy (non-hydrogen) atoms. The summed E-state index contributed by atoms with van der Waals surface area (Å²) in [7, 11) is 0. The molecule has 0 saturated carbocycles. The van der Waals surface area contributed by atoms with Gasteiger partial charge in [-0.2, -0.15) is 0 Å². The molecule has 0 atom stereocenters. The zero-order chi connectivity index (χ0) is 9.30. The maximum Gasteiger partial charge on any atom is 0.266 e. The van der Waals surface area contributed by atoms with Gasteiger partial charge < -0.3 is 0 Å². The van der Waals surface area contributed by atoms with Crippen LogP contribution in [0.25, 0.3) is 0 Å². The van der Waals surface area contributed by atoms with E-state index in [1.165, 1.54) is 0 Å². The maximum absolute atomic E-state index is 12.4. The Morgan fingerprint density at radius 2 is 2.00 bits per heavy atom. The van der Waals surface area contributed by atoms with Crippen LogP contribution in [0.1, 0.15) is 23.2 Å². The molecule has 0 fully saturated rings. The largest absolute Gasteiger partial charge is 0.266 e. The van der Waals surface area contributed by atoms with Gasteiger partial charge in [-0.1, -0.05) is 0 Å². The van der Waals surface area contributed by atoms with Crippen LogP contribution in [0.4, 0.5) is 8.78 Å². The molecule has 0 bridgehead atoms. The first kappa shape index (κ1) is 9.83. The molecule has 0 spiro atoms. The second-order valence-corrected chi connectivity index (χ2v) is 3.61. The van der Waals surface area contributed by atoms with Crippen LogP contribution in [0.2, 0.25) is 0 Å². The molecular formula is C8H8F2IN. The molecule has 0 unspecified atom stereocenters. The van der Waals surface area contributed by atoms with Crippen LogP contribution in [-0.2, 0) is 0 Å². The van der Waals surface area contributed by atoms with Crippen LogP contribution in [-0.4, -0.2) is 4.98 Å². The minimum Gasteiger partial charge on any atom is -0.247 e. The fourth-order valence-electron chi connectivity index (χ4n) is 1.06. The molecule has 66 valence electrons. The van der Waals surface area contributed by atoms with E-state index in [9.17, 15) is 8.78 Å². The minimum absolute atomic E-state index is 0.0567. The van der Waals surface area contributed by atoms with E-state index in [0.29, 0.717) is 9.26 Å². The van der Waals surface area contributed by atoms with E-state index in [1.807, 2.05) is 22.6 Å². The Morgan fingerprint density at radius 1 is 1.42 bits per heavy atom. The quantitative estimate of drug-likeness (QED) is 0.569. The Hall–Kier alpha value is -0.260. The van der Waals surface area contributed by atoms with Gasteiger partial charge in [0.1, 0.15) is 3.70 Å². The Kier molecular flexibility index (Phi) is 2.98. The second kappa shape index (κ2) is 3.64. The molecule has 0 aliphatic heterocycles. The monoisotopic (exact) mass is 283 g/mol. The van der Waals surface area contributed by atoms with Crippen molar-refractivity contribution < 1.29 is 8.78 Å². The number of aryl methyl sites for hydroxylation is 2. The zero-order valence-electron chi connectivity index (χ0n) is 6.74. The topological polar surface area (TPSA) is 12.9 Å². The number of halogens is 3. The van der Waals surface area contributed by atoms with Crippen molar-refractivity contribution in [1.29, 1.82) is 0 Å². The molecule has 0 amide bonds. The smallest absolute Gasteiger partial charge is 0.247 e. The molecule has 1 rings (SSSR count). The maximum atomic E-state index is 12.4. The van der Waals surface area contributed by atoms with Crippen molar-refractivity contribution in [3.05, 3.63) is 26.6 Å². The average Bonchev–Trinajstić information content (AvgIpc) is 1.82. The van der Waals surface area contributed by atoms with E-state index in [1.54, 1.807) is 19.9 Å². The number of aromatic nitrogens is 1. The van der Waals surface area contributed by atoms with Crippen molar-refractivity contribution in [3.63, 3.8) is 0 Å². The fraction of sp³-hybridized carbons (Fsp3) is 0.375. The van der Waals surface area contributed by atoms with Gasteiger partial charge >= 0.3 is 0 Å². The van der Waals surface area contributed by atoms with Crippen LogP contribution in [0, 0.1) is 17.5 Å². The molecule has 0 N–H and O–H groups in total. The first-order valence-electron chi connectivity index (χ1n) is 3.44. The summed E-state index contributed by atoms with van der Waals surface area (Å²) in [4.78, 5) is 3.96. The van der Waals surface area contributed by atoms with Gasteiger partial charge in [0.25, 0.3) is 6.43 Å². The average molecular weight is 283 g/mol. The van der Waals surface area contributed by atoms with Gasteiger partial charge in [0.05, 0.1) is 5.56 Å². The Bertz CT molecular complexity index is 276. The highest BCUT2D eigenvalue weighted by atomic mass is 127. The van der Waals surface area contributed by atoms with Gasteiger partial charge in [0.15, 0.2) is 0 Å². The number of nitrogens with zero attached hydrogens (tertiary/aromatic N) is 1. The lowest BCUT2D eigenvalue weighted by Crippen LogP contribution is -1.98. The molecule has 0 aliphatic carbocycles. The molecular weight excluding hydrogens is 275 g/mol. The lowest BCUT2D eigenvalue weighted by atomic mass is 10.1. The first-order chi connectivity index (χ1) is 5.52. The van der Waals surface area contributed by atoms with Crippen molar-refractivity contribution in [1.82, 2.24) is 4.98 Å². The summed E-state index contributed by atoms with van der Waals surface area (Å²) in [6.45, 7) is 3.47. The van der Waals surface area contributed by atoms with E-state index in [2.05, 4.69) is 4.98 Å². The van der Waals surface area contributed by atoms with Gasteiger partial charge in [-0.25, -0.2) is 13.8 Å². The van der Waals surface area contributed by atoms with Gasteiger partial charge in [-0.15, -0.1) is 0 Å². The van der Waals surface area contributed by atoms with Crippen LogP contribution < -0.4 is 0 Å². The highest BCUT2D eigenvalue weighted by Crippen LogP contribution is 2.26. The van der Waals surface area contributed by atoms with E-state index >= 15 is 0 Å². The zero-order valence-corrected chi connectivity index (χ0v) is 8.89. The normalized spacial score (nSPS) is 10.8. The van der Waals surface area contributed by atoms with Gasteiger partial charge in [-0.05, 0) is 48.1 Å². The highest BCUT2D eigenvalue weighted by Gasteiger charge is 2.15. The molecule has 0 radical (unpaired) electrons.